The van der Waals surface area contributed by atoms with E-state index in [9.17, 15) is 4.79 Å². The topological polar surface area (TPSA) is 32.3 Å². The summed E-state index contributed by atoms with van der Waals surface area (Å²) in [5, 5.41) is 3.04. The maximum Gasteiger partial charge on any atom is 0.246 e. The van der Waals surface area contributed by atoms with Gasteiger partial charge < -0.3 is 10.2 Å². The zero-order chi connectivity index (χ0) is 15.5. The van der Waals surface area contributed by atoms with Crippen LogP contribution in [0, 0.1) is 11.8 Å². The Morgan fingerprint density at radius 3 is 2.20 bits per heavy atom. The first kappa shape index (κ1) is 18.5. The molecule has 114 valence electrons. The van der Waals surface area contributed by atoms with Crippen molar-refractivity contribution < 1.29 is 4.79 Å². The Morgan fingerprint density at radius 1 is 1.15 bits per heavy atom. The molecular formula is C17H30N2O. The molecule has 0 aliphatic heterocycles. The molecule has 0 aliphatic carbocycles. The van der Waals surface area contributed by atoms with Crippen molar-refractivity contribution in [2.45, 2.75) is 34.6 Å². The molecule has 1 N–H and O–H groups in total. The minimum Gasteiger partial charge on any atom is -0.394 e. The van der Waals surface area contributed by atoms with E-state index in [4.69, 9.17) is 0 Å². The van der Waals surface area contributed by atoms with Crippen molar-refractivity contribution in [3.63, 3.8) is 0 Å². The third-order valence-corrected chi connectivity index (χ3v) is 3.35. The predicted octanol–water partition coefficient (Wildman–Crippen LogP) is 3.36. The van der Waals surface area contributed by atoms with Crippen LogP contribution in [0.3, 0.4) is 0 Å². The lowest BCUT2D eigenvalue weighted by atomic mass is 9.97. The van der Waals surface area contributed by atoms with Gasteiger partial charge in [0.2, 0.25) is 5.91 Å². The lowest BCUT2D eigenvalue weighted by molar-refractivity contribution is -0.126. The molecule has 20 heavy (non-hydrogen) atoms. The Morgan fingerprint density at radius 2 is 1.75 bits per heavy atom. The van der Waals surface area contributed by atoms with Crippen LogP contribution in [-0.2, 0) is 4.79 Å². The fourth-order valence-electron chi connectivity index (χ4n) is 1.81. The quantitative estimate of drug-likeness (QED) is 0.545. The van der Waals surface area contributed by atoms with Gasteiger partial charge in [0.05, 0.1) is 0 Å². The summed E-state index contributed by atoms with van der Waals surface area (Å²) in [6.07, 6.45) is 9.40. The minimum absolute atomic E-state index is 0.0755. The highest BCUT2D eigenvalue weighted by Crippen LogP contribution is 2.13. The summed E-state index contributed by atoms with van der Waals surface area (Å²) in [6, 6.07) is 0. The van der Waals surface area contributed by atoms with Crippen molar-refractivity contribution in [3.05, 3.63) is 36.1 Å². The van der Waals surface area contributed by atoms with E-state index in [0.29, 0.717) is 18.4 Å². The first-order chi connectivity index (χ1) is 9.46. The highest BCUT2D eigenvalue weighted by molar-refractivity contribution is 5.87. The first-order valence-corrected chi connectivity index (χ1v) is 7.36. The third kappa shape index (κ3) is 7.17. The molecule has 1 atom stereocenters. The monoisotopic (exact) mass is 278 g/mol. The lowest BCUT2D eigenvalue weighted by Crippen LogP contribution is -2.36. The molecule has 3 nitrogen and oxygen atoms in total. The second-order valence-electron chi connectivity index (χ2n) is 5.45. The van der Waals surface area contributed by atoms with Crippen molar-refractivity contribution in [1.29, 1.82) is 0 Å². The smallest absolute Gasteiger partial charge is 0.246 e. The second-order valence-corrected chi connectivity index (χ2v) is 5.45. The van der Waals surface area contributed by atoms with Gasteiger partial charge in [0.25, 0.3) is 0 Å². The van der Waals surface area contributed by atoms with Crippen LogP contribution in [0.5, 0.6) is 0 Å². The summed E-state index contributed by atoms with van der Waals surface area (Å²) in [4.78, 5) is 14.1. The Bertz CT molecular complexity index is 367. The molecule has 0 spiro atoms. The molecule has 3 heteroatoms. The van der Waals surface area contributed by atoms with E-state index in [1.54, 1.807) is 12.2 Å². The molecule has 1 amide bonds. The van der Waals surface area contributed by atoms with Gasteiger partial charge >= 0.3 is 0 Å². The van der Waals surface area contributed by atoms with E-state index in [1.165, 1.54) is 0 Å². The average molecular weight is 278 g/mol. The molecule has 0 saturated heterocycles. The highest BCUT2D eigenvalue weighted by atomic mass is 16.2. The molecular weight excluding hydrogens is 248 g/mol. The van der Waals surface area contributed by atoms with E-state index in [-0.39, 0.29) is 5.91 Å². The van der Waals surface area contributed by atoms with Crippen LogP contribution in [-0.4, -0.2) is 30.9 Å². The van der Waals surface area contributed by atoms with Crippen LogP contribution in [0.2, 0.25) is 0 Å². The van der Waals surface area contributed by atoms with Crippen LogP contribution in [0.1, 0.15) is 34.6 Å². The van der Waals surface area contributed by atoms with Gasteiger partial charge in [0.1, 0.15) is 0 Å². The number of hydrogen-bond donors (Lipinski definition) is 1. The van der Waals surface area contributed by atoms with Crippen LogP contribution in [0.25, 0.3) is 0 Å². The van der Waals surface area contributed by atoms with Crippen LogP contribution >= 0.6 is 0 Å². The number of carbonyl (C=O) groups is 1. The molecule has 0 aromatic rings. The average Bonchev–Trinajstić information content (AvgIpc) is 2.38. The van der Waals surface area contributed by atoms with Gasteiger partial charge in [-0.1, -0.05) is 39.0 Å². The molecule has 0 rings (SSSR count). The number of allylic oxidation sites excluding steroid dienone is 2. The minimum atomic E-state index is 0.0755. The number of hydrogen-bond acceptors (Lipinski definition) is 2. The van der Waals surface area contributed by atoms with Gasteiger partial charge in [0.15, 0.2) is 0 Å². The van der Waals surface area contributed by atoms with Crippen molar-refractivity contribution in [3.8, 4) is 0 Å². The van der Waals surface area contributed by atoms with E-state index in [2.05, 4.69) is 26.1 Å². The van der Waals surface area contributed by atoms with E-state index in [0.717, 1.165) is 12.1 Å². The van der Waals surface area contributed by atoms with Gasteiger partial charge in [-0.25, -0.2) is 0 Å². The van der Waals surface area contributed by atoms with Gasteiger partial charge in [0, 0.05) is 26.3 Å². The maximum absolute atomic E-state index is 12.2. The first-order valence-electron chi connectivity index (χ1n) is 7.36. The molecule has 0 aromatic carbocycles. The number of rotatable bonds is 8. The summed E-state index contributed by atoms with van der Waals surface area (Å²) in [5.74, 6) is 1.12. The summed E-state index contributed by atoms with van der Waals surface area (Å²) in [6.45, 7) is 11.8. The van der Waals surface area contributed by atoms with Crippen molar-refractivity contribution in [2.24, 2.45) is 11.8 Å². The van der Waals surface area contributed by atoms with Crippen LogP contribution in [0.15, 0.2) is 36.1 Å². The lowest BCUT2D eigenvalue weighted by Gasteiger charge is -2.27. The summed E-state index contributed by atoms with van der Waals surface area (Å²) < 4.78 is 0. The Labute approximate surface area is 124 Å². The van der Waals surface area contributed by atoms with Crippen LogP contribution in [0.4, 0.5) is 0 Å². The fraction of sp³-hybridized carbons (Fsp3) is 0.588. The molecule has 0 heterocycles. The van der Waals surface area contributed by atoms with E-state index in [1.807, 2.05) is 44.1 Å². The standard InChI is InChI=1S/C17H30N2O/c1-7-9-16(11-18-6)13-19(17(20)10-8-2)12-15(5)14(3)4/h7-11,14-15,18H,12-13H2,1-6H3/b9-7-,10-8+,16-11+. The predicted molar refractivity (Wildman–Crippen MR) is 87.4 cm³/mol. The number of amides is 1. The van der Waals surface area contributed by atoms with Gasteiger partial charge in [-0.2, -0.15) is 0 Å². The van der Waals surface area contributed by atoms with E-state index >= 15 is 0 Å². The Balaban J connectivity index is 5.01. The summed E-state index contributed by atoms with van der Waals surface area (Å²) in [5.41, 5.74) is 1.10. The largest absolute Gasteiger partial charge is 0.394 e. The fourth-order valence-corrected chi connectivity index (χ4v) is 1.81. The Hall–Kier alpha value is -1.51. The number of nitrogens with zero attached hydrogens (tertiary/aromatic N) is 1. The zero-order valence-electron chi connectivity index (χ0n) is 13.8. The molecule has 0 aliphatic rings. The van der Waals surface area contributed by atoms with Crippen molar-refractivity contribution in [1.82, 2.24) is 10.2 Å². The van der Waals surface area contributed by atoms with Gasteiger partial charge in [-0.05, 0) is 37.3 Å². The SMILES string of the molecule is C/C=C\C(=C/NC)CN(CC(C)C(C)C)C(=O)/C=C/C. The summed E-state index contributed by atoms with van der Waals surface area (Å²) >= 11 is 0. The van der Waals surface area contributed by atoms with Crippen molar-refractivity contribution >= 4 is 5.91 Å². The molecule has 0 aromatic heterocycles. The van der Waals surface area contributed by atoms with Crippen molar-refractivity contribution in [2.75, 3.05) is 20.1 Å². The molecule has 0 saturated carbocycles. The third-order valence-electron chi connectivity index (χ3n) is 3.35. The molecule has 0 bridgehead atoms. The second kappa shape index (κ2) is 10.3. The number of carbonyl (C=O) groups excluding carboxylic acids is 1. The normalized spacial score (nSPS) is 14.2. The zero-order valence-corrected chi connectivity index (χ0v) is 13.8. The number of nitrogens with one attached hydrogen (secondary N) is 1. The van der Waals surface area contributed by atoms with Crippen LogP contribution < -0.4 is 5.32 Å². The molecule has 0 fully saturated rings. The van der Waals surface area contributed by atoms with E-state index < -0.39 is 0 Å². The maximum atomic E-state index is 12.2. The van der Waals surface area contributed by atoms with Gasteiger partial charge in [-0.15, -0.1) is 0 Å². The molecule has 0 radical (unpaired) electrons. The Kier molecular flexibility index (Phi) is 9.52. The molecule has 1 unspecified atom stereocenters. The van der Waals surface area contributed by atoms with Gasteiger partial charge in [-0.3, -0.25) is 4.79 Å². The summed E-state index contributed by atoms with van der Waals surface area (Å²) in [7, 11) is 1.87. The highest BCUT2D eigenvalue weighted by Gasteiger charge is 2.17.